The number of nitrogens with zero attached hydrogens (tertiary/aromatic N) is 3. The number of anilines is 1. The second-order valence-corrected chi connectivity index (χ2v) is 7.17. The molecule has 0 bridgehead atoms. The van der Waals surface area contributed by atoms with Gasteiger partial charge in [0.05, 0.1) is 22.7 Å². The van der Waals surface area contributed by atoms with Crippen molar-refractivity contribution >= 4 is 38.8 Å². The first-order valence-corrected chi connectivity index (χ1v) is 9.28. The minimum atomic E-state index is -0.227. The number of furan rings is 1. The molecule has 0 fully saturated rings. The summed E-state index contributed by atoms with van der Waals surface area (Å²) in [5.74, 6) is 0.337. The molecule has 134 valence electrons. The van der Waals surface area contributed by atoms with E-state index in [-0.39, 0.29) is 5.91 Å². The van der Waals surface area contributed by atoms with Crippen LogP contribution in [0.4, 0.5) is 5.13 Å². The molecule has 6 heteroatoms. The lowest BCUT2D eigenvalue weighted by molar-refractivity contribution is 0.0987. The highest BCUT2D eigenvalue weighted by molar-refractivity contribution is 7.22. The largest absolute Gasteiger partial charge is 0.463 e. The molecule has 2 aromatic heterocycles. The molecule has 4 aromatic rings. The number of carbonyl (C=O) groups excluding carboxylic acids is 1. The van der Waals surface area contributed by atoms with Crippen molar-refractivity contribution in [3.8, 4) is 0 Å². The number of para-hydroxylation sites is 1. The highest BCUT2D eigenvalue weighted by Gasteiger charge is 2.22. The molecule has 0 unspecified atom stereocenters. The van der Waals surface area contributed by atoms with Crippen molar-refractivity contribution in [1.82, 2.24) is 4.98 Å². The molecular weight excluding hydrogens is 358 g/mol. The Morgan fingerprint density at radius 2 is 2.00 bits per heavy atom. The van der Waals surface area contributed by atoms with Gasteiger partial charge in [-0.2, -0.15) is 10.1 Å². The molecule has 2 aromatic carbocycles. The van der Waals surface area contributed by atoms with Gasteiger partial charge in [0.2, 0.25) is 5.13 Å². The Bertz CT molecular complexity index is 1100. The van der Waals surface area contributed by atoms with Gasteiger partial charge in [0.15, 0.2) is 0 Å². The molecule has 0 aliphatic heterocycles. The number of hydrazone groups is 1. The van der Waals surface area contributed by atoms with E-state index < -0.39 is 0 Å². The van der Waals surface area contributed by atoms with Gasteiger partial charge in [-0.05, 0) is 49.7 Å². The third-order valence-corrected chi connectivity index (χ3v) is 5.12. The summed E-state index contributed by atoms with van der Waals surface area (Å²) in [6.45, 7) is 3.93. The zero-order chi connectivity index (χ0) is 18.8. The standard InChI is InChI=1S/C21H17N3O2S/c1-14-9-10-17(15(2)12-14)20(25)24(22-13-16-6-5-11-26-16)21-23-18-7-3-4-8-19(18)27-21/h3-13H,1-2H3/b22-13+. The molecular formula is C21H17N3O2S. The van der Waals surface area contributed by atoms with E-state index in [1.807, 2.05) is 56.3 Å². The highest BCUT2D eigenvalue weighted by atomic mass is 32.1. The van der Waals surface area contributed by atoms with Crippen LogP contribution in [0.1, 0.15) is 27.2 Å². The van der Waals surface area contributed by atoms with Crippen LogP contribution in [0.3, 0.4) is 0 Å². The van der Waals surface area contributed by atoms with E-state index in [9.17, 15) is 4.79 Å². The van der Waals surface area contributed by atoms with Gasteiger partial charge in [-0.25, -0.2) is 4.98 Å². The van der Waals surface area contributed by atoms with E-state index in [1.165, 1.54) is 22.6 Å². The van der Waals surface area contributed by atoms with Gasteiger partial charge in [-0.15, -0.1) is 0 Å². The lowest BCUT2D eigenvalue weighted by Gasteiger charge is -2.15. The van der Waals surface area contributed by atoms with Crippen molar-refractivity contribution in [3.05, 3.63) is 83.3 Å². The molecule has 0 saturated carbocycles. The molecule has 0 atom stereocenters. The molecule has 27 heavy (non-hydrogen) atoms. The van der Waals surface area contributed by atoms with Crippen LogP contribution in [0.2, 0.25) is 0 Å². The second-order valence-electron chi connectivity index (χ2n) is 6.16. The maximum absolute atomic E-state index is 13.3. The first-order valence-electron chi connectivity index (χ1n) is 8.46. The van der Waals surface area contributed by atoms with Crippen molar-refractivity contribution in [3.63, 3.8) is 0 Å². The third-order valence-electron chi connectivity index (χ3n) is 4.11. The smallest absolute Gasteiger partial charge is 0.281 e. The lowest BCUT2D eigenvalue weighted by atomic mass is 10.1. The molecule has 0 radical (unpaired) electrons. The molecule has 1 amide bonds. The second kappa shape index (κ2) is 7.17. The van der Waals surface area contributed by atoms with E-state index in [2.05, 4.69) is 10.1 Å². The van der Waals surface area contributed by atoms with Gasteiger partial charge in [0, 0.05) is 5.56 Å². The van der Waals surface area contributed by atoms with Crippen LogP contribution in [-0.2, 0) is 0 Å². The fraction of sp³-hybridized carbons (Fsp3) is 0.0952. The molecule has 4 rings (SSSR count). The Morgan fingerprint density at radius 1 is 1.15 bits per heavy atom. The Balaban J connectivity index is 1.78. The van der Waals surface area contributed by atoms with Gasteiger partial charge in [-0.1, -0.05) is 41.2 Å². The first kappa shape index (κ1) is 17.2. The normalized spacial score (nSPS) is 11.3. The molecule has 5 nitrogen and oxygen atoms in total. The van der Waals surface area contributed by atoms with Crippen molar-refractivity contribution in [2.75, 3.05) is 5.01 Å². The van der Waals surface area contributed by atoms with Crippen molar-refractivity contribution in [1.29, 1.82) is 0 Å². The average Bonchev–Trinajstić information content (AvgIpc) is 3.31. The fourth-order valence-electron chi connectivity index (χ4n) is 2.79. The maximum atomic E-state index is 13.3. The Morgan fingerprint density at radius 3 is 2.74 bits per heavy atom. The Labute approximate surface area is 160 Å². The SMILES string of the molecule is Cc1ccc(C(=O)N(/N=C/c2ccco2)c2nc3ccccc3s2)c(C)c1. The number of hydrogen-bond acceptors (Lipinski definition) is 5. The molecule has 0 N–H and O–H groups in total. The number of fused-ring (bicyclic) bond motifs is 1. The van der Waals surface area contributed by atoms with Gasteiger partial charge in [0.25, 0.3) is 5.91 Å². The predicted octanol–water partition coefficient (Wildman–Crippen LogP) is 5.19. The summed E-state index contributed by atoms with van der Waals surface area (Å²) < 4.78 is 6.30. The number of amides is 1. The number of benzene rings is 2. The van der Waals surface area contributed by atoms with E-state index >= 15 is 0 Å². The molecule has 0 spiro atoms. The third kappa shape index (κ3) is 3.52. The van der Waals surface area contributed by atoms with Crippen LogP contribution in [-0.4, -0.2) is 17.1 Å². The number of aromatic nitrogens is 1. The van der Waals surface area contributed by atoms with Gasteiger partial charge < -0.3 is 4.42 Å². The van der Waals surface area contributed by atoms with E-state index in [4.69, 9.17) is 4.42 Å². The highest BCUT2D eigenvalue weighted by Crippen LogP contribution is 2.30. The van der Waals surface area contributed by atoms with Crippen LogP contribution in [0.5, 0.6) is 0 Å². The van der Waals surface area contributed by atoms with Crippen LogP contribution in [0.25, 0.3) is 10.2 Å². The predicted molar refractivity (Wildman–Crippen MR) is 109 cm³/mol. The summed E-state index contributed by atoms with van der Waals surface area (Å²) >= 11 is 1.42. The number of rotatable bonds is 4. The lowest BCUT2D eigenvalue weighted by Crippen LogP contribution is -2.26. The first-order chi connectivity index (χ1) is 13.1. The zero-order valence-corrected chi connectivity index (χ0v) is 15.7. The topological polar surface area (TPSA) is 58.7 Å². The van der Waals surface area contributed by atoms with Crippen molar-refractivity contribution in [2.24, 2.45) is 5.10 Å². The summed E-state index contributed by atoms with van der Waals surface area (Å²) in [6.07, 6.45) is 3.09. The van der Waals surface area contributed by atoms with Crippen LogP contribution in [0.15, 0.2) is 70.4 Å². The van der Waals surface area contributed by atoms with Crippen LogP contribution in [0, 0.1) is 13.8 Å². The summed E-state index contributed by atoms with van der Waals surface area (Å²) in [4.78, 5) is 17.8. The average molecular weight is 375 g/mol. The molecule has 0 saturated heterocycles. The minimum absolute atomic E-state index is 0.227. The number of carbonyl (C=O) groups is 1. The zero-order valence-electron chi connectivity index (χ0n) is 14.9. The van der Waals surface area contributed by atoms with E-state index in [1.54, 1.807) is 18.4 Å². The van der Waals surface area contributed by atoms with Gasteiger partial charge in [0.1, 0.15) is 5.76 Å². The summed E-state index contributed by atoms with van der Waals surface area (Å²) in [6, 6.07) is 17.1. The molecule has 0 aliphatic rings. The van der Waals surface area contributed by atoms with Crippen LogP contribution >= 0.6 is 11.3 Å². The monoisotopic (exact) mass is 375 g/mol. The summed E-state index contributed by atoms with van der Waals surface area (Å²) in [5, 5.41) is 6.24. The van der Waals surface area contributed by atoms with E-state index in [0.29, 0.717) is 16.5 Å². The number of hydrogen-bond donors (Lipinski definition) is 0. The fourth-order valence-corrected chi connectivity index (χ4v) is 3.71. The number of thiazole rings is 1. The van der Waals surface area contributed by atoms with Gasteiger partial charge in [-0.3, -0.25) is 4.79 Å². The quantitative estimate of drug-likeness (QED) is 0.364. The maximum Gasteiger partial charge on any atom is 0.281 e. The molecule has 0 aliphatic carbocycles. The Hall–Kier alpha value is -3.25. The summed E-state index contributed by atoms with van der Waals surface area (Å²) in [7, 11) is 0. The van der Waals surface area contributed by atoms with E-state index in [0.717, 1.165) is 21.3 Å². The Kier molecular flexibility index (Phi) is 4.56. The minimum Gasteiger partial charge on any atom is -0.463 e. The van der Waals surface area contributed by atoms with Crippen LogP contribution < -0.4 is 5.01 Å². The summed E-state index contributed by atoms with van der Waals surface area (Å²) in [5.41, 5.74) is 3.44. The van der Waals surface area contributed by atoms with Crippen molar-refractivity contribution in [2.45, 2.75) is 13.8 Å². The van der Waals surface area contributed by atoms with Crippen molar-refractivity contribution < 1.29 is 9.21 Å². The number of aryl methyl sites for hydroxylation is 2. The van der Waals surface area contributed by atoms with Gasteiger partial charge >= 0.3 is 0 Å². The molecule has 2 heterocycles.